The van der Waals surface area contributed by atoms with E-state index in [1.165, 1.54) is 23.5 Å². The summed E-state index contributed by atoms with van der Waals surface area (Å²) in [6.45, 7) is 5.06. The van der Waals surface area contributed by atoms with Crippen LogP contribution in [0.25, 0.3) is 28.6 Å². The Bertz CT molecular complexity index is 1710. The highest BCUT2D eigenvalue weighted by molar-refractivity contribution is 5.86. The number of imidazole rings is 1. The second-order valence-electron chi connectivity index (χ2n) is 14.1. The van der Waals surface area contributed by atoms with Gasteiger partial charge in [-0.1, -0.05) is 62.8 Å². The molecule has 0 unspecified atom stereocenters. The molecule has 55 heavy (non-hydrogen) atoms. The number of aliphatic hydroxyl groups excluding tert-OH is 1. The Morgan fingerprint density at radius 2 is 1.22 bits per heavy atom. The number of benzene rings is 1. The Hall–Kier alpha value is -3.70. The summed E-state index contributed by atoms with van der Waals surface area (Å²) in [5.74, 6) is 0.581. The molecule has 0 spiro atoms. The molecule has 0 radical (unpaired) electrons. The molecule has 0 atom stereocenters. The third-order valence-corrected chi connectivity index (χ3v) is 9.96. The largest absolute Gasteiger partial charge is 0.394 e. The minimum absolute atomic E-state index is 0.00306. The smallest absolute Gasteiger partial charge is 0.365 e. The van der Waals surface area contributed by atoms with Gasteiger partial charge in [0.15, 0.2) is 5.65 Å². The molecule has 15 heteroatoms. The number of H-pyrrole nitrogens is 1. The molecule has 2 fully saturated rings. The molecule has 0 amide bonds. The summed E-state index contributed by atoms with van der Waals surface area (Å²) in [4.78, 5) is 57.6. The van der Waals surface area contributed by atoms with Gasteiger partial charge in [-0.2, -0.15) is 4.89 Å². The van der Waals surface area contributed by atoms with Crippen LogP contribution in [0.1, 0.15) is 69.8 Å². The predicted molar refractivity (Wildman–Crippen MR) is 205 cm³/mol. The molecule has 2 saturated carbocycles. The van der Waals surface area contributed by atoms with Gasteiger partial charge in [0, 0.05) is 24.7 Å². The van der Waals surface area contributed by atoms with Crippen molar-refractivity contribution in [3.8, 4) is 11.4 Å². The van der Waals surface area contributed by atoms with Crippen molar-refractivity contribution in [1.29, 1.82) is 0 Å². The number of aromatic amines is 1. The topological polar surface area (TPSA) is 175 Å². The fourth-order valence-corrected chi connectivity index (χ4v) is 7.07. The fourth-order valence-electron chi connectivity index (χ4n) is 7.07. The zero-order valence-corrected chi connectivity index (χ0v) is 32.0. The van der Waals surface area contributed by atoms with Gasteiger partial charge in [0.1, 0.15) is 17.9 Å². The zero-order valence-electron chi connectivity index (χ0n) is 32.0. The number of aliphatic hydroxyl groups is 1. The van der Waals surface area contributed by atoms with Gasteiger partial charge in [-0.15, -0.1) is 0 Å². The molecule has 0 bridgehead atoms. The number of hydrogen-bond donors (Lipinski definition) is 2. The molecule has 2 N–H and O–H groups in total. The third-order valence-electron chi connectivity index (χ3n) is 9.96. The van der Waals surface area contributed by atoms with Gasteiger partial charge >= 0.3 is 11.7 Å². The van der Waals surface area contributed by atoms with Gasteiger partial charge < -0.3 is 33.8 Å². The van der Waals surface area contributed by atoms with Crippen molar-refractivity contribution in [2.45, 2.75) is 77.3 Å². The number of ether oxygens (including phenoxy) is 5. The highest BCUT2D eigenvalue weighted by Gasteiger charge is 2.24. The first-order valence-corrected chi connectivity index (χ1v) is 19.9. The summed E-state index contributed by atoms with van der Waals surface area (Å²) < 4.78 is 29.9. The van der Waals surface area contributed by atoms with Crippen molar-refractivity contribution in [3.05, 3.63) is 56.7 Å². The van der Waals surface area contributed by atoms with Gasteiger partial charge in [0.2, 0.25) is 0 Å². The monoisotopic (exact) mass is 770 g/mol. The van der Waals surface area contributed by atoms with Crippen LogP contribution in [-0.4, -0.2) is 109 Å². The van der Waals surface area contributed by atoms with Gasteiger partial charge in [0.25, 0.3) is 5.56 Å². The van der Waals surface area contributed by atoms with Crippen molar-refractivity contribution < 1.29 is 43.4 Å². The molecule has 2 aliphatic rings. The van der Waals surface area contributed by atoms with E-state index in [1.807, 2.05) is 24.3 Å². The van der Waals surface area contributed by atoms with Crippen molar-refractivity contribution in [2.24, 2.45) is 11.8 Å². The molecule has 15 nitrogen and oxygen atoms in total. The predicted octanol–water partition coefficient (Wildman–Crippen LogP) is 4.28. The lowest BCUT2D eigenvalue weighted by Gasteiger charge is -2.24. The van der Waals surface area contributed by atoms with E-state index in [0.29, 0.717) is 101 Å². The lowest BCUT2D eigenvalue weighted by molar-refractivity contribution is -0.271. The van der Waals surface area contributed by atoms with Crippen LogP contribution in [0.4, 0.5) is 0 Å². The van der Waals surface area contributed by atoms with Crippen LogP contribution in [0.3, 0.4) is 0 Å². The van der Waals surface area contributed by atoms with Gasteiger partial charge in [-0.05, 0) is 49.2 Å². The second kappa shape index (κ2) is 24.0. The van der Waals surface area contributed by atoms with Crippen molar-refractivity contribution in [3.63, 3.8) is 0 Å². The maximum Gasteiger partial charge on any atom is 0.365 e. The lowest BCUT2D eigenvalue weighted by Crippen LogP contribution is -2.42. The Balaban J connectivity index is 1.03. The molecule has 1 aromatic carbocycles. The summed E-state index contributed by atoms with van der Waals surface area (Å²) in [6.07, 6.45) is 14.2. The van der Waals surface area contributed by atoms with E-state index >= 15 is 0 Å². The zero-order chi connectivity index (χ0) is 38.5. The SMILES string of the molecule is O=C(/C=C/c1ccc(-c2nc3c([nH]2)c(=O)n(CC2CCCCC2)c(=O)n3CC2CCCCC2)cc1)OOCCOCCOCCOCCOCCOCCO. The van der Waals surface area contributed by atoms with Crippen molar-refractivity contribution in [1.82, 2.24) is 19.1 Å². The van der Waals surface area contributed by atoms with Gasteiger partial charge in [-0.3, -0.25) is 18.8 Å². The van der Waals surface area contributed by atoms with E-state index in [4.69, 9.17) is 43.5 Å². The number of hydrogen-bond acceptors (Lipinski definition) is 12. The van der Waals surface area contributed by atoms with E-state index in [1.54, 1.807) is 10.6 Å². The molecule has 3 aromatic rings. The quantitative estimate of drug-likeness (QED) is 0.0543. The Kier molecular flexibility index (Phi) is 18.6. The summed E-state index contributed by atoms with van der Waals surface area (Å²) in [7, 11) is 0. The first kappa shape index (κ1) is 42.4. The Morgan fingerprint density at radius 3 is 1.76 bits per heavy atom. The number of aromatic nitrogens is 4. The molecule has 2 aromatic heterocycles. The minimum atomic E-state index is -0.662. The van der Waals surface area contributed by atoms with E-state index in [-0.39, 0.29) is 31.1 Å². The maximum absolute atomic E-state index is 13.9. The van der Waals surface area contributed by atoms with Crippen molar-refractivity contribution >= 4 is 23.2 Å². The summed E-state index contributed by atoms with van der Waals surface area (Å²) >= 11 is 0. The highest BCUT2D eigenvalue weighted by Crippen LogP contribution is 2.27. The number of fused-ring (bicyclic) bond motifs is 1. The van der Waals surface area contributed by atoms with Crippen LogP contribution in [0.5, 0.6) is 0 Å². The first-order chi connectivity index (χ1) is 27.0. The summed E-state index contributed by atoms with van der Waals surface area (Å²) in [5, 5.41) is 8.62. The molecule has 2 aliphatic carbocycles. The molecule has 304 valence electrons. The van der Waals surface area contributed by atoms with Gasteiger partial charge in [-0.25, -0.2) is 14.6 Å². The van der Waals surface area contributed by atoms with E-state index in [0.717, 1.165) is 62.5 Å². The second-order valence-corrected chi connectivity index (χ2v) is 14.1. The average Bonchev–Trinajstić information content (AvgIpc) is 3.67. The van der Waals surface area contributed by atoms with Gasteiger partial charge in [0.05, 0.1) is 72.7 Å². The summed E-state index contributed by atoms with van der Waals surface area (Å²) in [6, 6.07) is 7.38. The molecule has 2 heterocycles. The van der Waals surface area contributed by atoms with E-state index in [2.05, 4.69) is 4.98 Å². The lowest BCUT2D eigenvalue weighted by atomic mass is 9.89. The summed E-state index contributed by atoms with van der Waals surface area (Å²) in [5.41, 5.74) is 1.73. The first-order valence-electron chi connectivity index (χ1n) is 19.9. The van der Waals surface area contributed by atoms with E-state index in [9.17, 15) is 14.4 Å². The highest BCUT2D eigenvalue weighted by atomic mass is 17.2. The van der Waals surface area contributed by atoms with Crippen LogP contribution in [0, 0.1) is 11.8 Å². The number of carbonyl (C=O) groups excluding carboxylic acids is 1. The molecular formula is C40H58N4O11. The Labute approximate surface area is 321 Å². The van der Waals surface area contributed by atoms with Crippen LogP contribution >= 0.6 is 0 Å². The molecular weight excluding hydrogens is 712 g/mol. The standard InChI is InChI=1S/C40H58N4O11/c45-17-18-49-19-20-50-21-22-51-23-24-52-25-26-53-27-28-54-55-35(46)16-13-31-11-14-34(15-12-31)37-41-36-38(42-37)43(29-32-7-3-1-4-8-32)40(48)44(39(36)47)30-33-9-5-2-6-10-33/h11-16,32-33,45H,1-10,17-30H2,(H,41,42)/b16-13+. The minimum Gasteiger partial charge on any atom is -0.394 e. The fraction of sp³-hybridized carbons (Fsp3) is 0.650. The Morgan fingerprint density at radius 1 is 0.709 bits per heavy atom. The number of rotatable bonds is 25. The maximum atomic E-state index is 13.9. The van der Waals surface area contributed by atoms with Crippen LogP contribution in [0.2, 0.25) is 0 Å². The number of nitrogens with one attached hydrogen (secondary N) is 1. The van der Waals surface area contributed by atoms with Crippen LogP contribution in [0.15, 0.2) is 39.9 Å². The van der Waals surface area contributed by atoms with Crippen LogP contribution < -0.4 is 11.2 Å². The normalized spacial score (nSPS) is 15.7. The third kappa shape index (κ3) is 14.1. The molecule has 0 aliphatic heterocycles. The molecule has 5 rings (SSSR count). The van der Waals surface area contributed by atoms with Crippen molar-refractivity contribution in [2.75, 3.05) is 79.3 Å². The molecule has 0 saturated heterocycles. The average molecular weight is 771 g/mol. The van der Waals surface area contributed by atoms with E-state index < -0.39 is 5.97 Å². The van der Waals surface area contributed by atoms with Crippen LogP contribution in [-0.2, 0) is 51.3 Å². The number of nitrogens with zero attached hydrogens (tertiary/aromatic N) is 3. The number of carbonyl (C=O) groups is 1.